The lowest BCUT2D eigenvalue weighted by atomic mass is 10.2. The number of hydrogen-bond acceptors (Lipinski definition) is 6. The van der Waals surface area contributed by atoms with Gasteiger partial charge in [0.15, 0.2) is 16.8 Å². The average Bonchev–Trinajstić information content (AvgIpc) is 3.15. The second-order valence-corrected chi connectivity index (χ2v) is 6.67. The van der Waals surface area contributed by atoms with Crippen LogP contribution in [0, 0.1) is 0 Å². The van der Waals surface area contributed by atoms with Crippen molar-refractivity contribution in [1.82, 2.24) is 14.8 Å². The fraction of sp³-hybridized carbons (Fsp3) is 0.250. The van der Waals surface area contributed by atoms with Crippen LogP contribution >= 0.6 is 11.8 Å². The van der Waals surface area contributed by atoms with Crippen molar-refractivity contribution in [1.29, 1.82) is 0 Å². The summed E-state index contributed by atoms with van der Waals surface area (Å²) in [5.41, 5.74) is 1.55. The van der Waals surface area contributed by atoms with Gasteiger partial charge in [0.25, 0.3) is 0 Å². The summed E-state index contributed by atoms with van der Waals surface area (Å²) >= 11 is 1.39. The van der Waals surface area contributed by atoms with Gasteiger partial charge in [-0.3, -0.25) is 4.79 Å². The number of carbonyl (C=O) groups is 1. The molecule has 0 aliphatic carbocycles. The van der Waals surface area contributed by atoms with E-state index in [1.54, 1.807) is 14.2 Å². The molecule has 0 radical (unpaired) electrons. The Balaban J connectivity index is 1.84. The Kier molecular flexibility index (Phi) is 6.13. The first-order valence-corrected chi connectivity index (χ1v) is 9.52. The highest BCUT2D eigenvalue weighted by atomic mass is 32.2. The SMILES string of the molecule is CCn1c(SCC(=O)c2ccccc2)nnc1-c1cc(OC)cc(OC)c1. The van der Waals surface area contributed by atoms with Crippen LogP contribution in [0.3, 0.4) is 0 Å². The third-order valence-electron chi connectivity index (χ3n) is 4.07. The summed E-state index contributed by atoms with van der Waals surface area (Å²) in [6.45, 7) is 2.71. The van der Waals surface area contributed by atoms with E-state index in [9.17, 15) is 4.79 Å². The molecule has 0 saturated carbocycles. The summed E-state index contributed by atoms with van der Waals surface area (Å²) in [5, 5.41) is 9.32. The lowest BCUT2D eigenvalue weighted by Gasteiger charge is -2.10. The Bertz CT molecular complexity index is 903. The fourth-order valence-electron chi connectivity index (χ4n) is 2.67. The molecular formula is C20H21N3O3S. The first kappa shape index (κ1) is 19.0. The molecule has 0 spiro atoms. The van der Waals surface area contributed by atoms with Crippen molar-refractivity contribution >= 4 is 17.5 Å². The molecule has 0 N–H and O–H groups in total. The number of nitrogens with zero attached hydrogens (tertiary/aromatic N) is 3. The normalized spacial score (nSPS) is 10.6. The lowest BCUT2D eigenvalue weighted by molar-refractivity contribution is 0.102. The zero-order valence-corrected chi connectivity index (χ0v) is 16.3. The van der Waals surface area contributed by atoms with Crippen LogP contribution in [-0.4, -0.2) is 40.5 Å². The maximum Gasteiger partial charge on any atom is 0.191 e. The highest BCUT2D eigenvalue weighted by Crippen LogP contribution is 2.31. The van der Waals surface area contributed by atoms with Gasteiger partial charge < -0.3 is 14.0 Å². The van der Waals surface area contributed by atoms with Crippen molar-refractivity contribution in [2.45, 2.75) is 18.6 Å². The standard InChI is InChI=1S/C20H21N3O3S/c1-4-23-19(15-10-16(25-2)12-17(11-15)26-3)21-22-20(23)27-13-18(24)14-8-6-5-7-9-14/h5-12H,4,13H2,1-3H3. The Labute approximate surface area is 162 Å². The second-order valence-electron chi connectivity index (χ2n) is 5.73. The number of ether oxygens (including phenoxy) is 2. The predicted octanol–water partition coefficient (Wildman–Crippen LogP) is 3.96. The number of hydrogen-bond donors (Lipinski definition) is 0. The number of ketones is 1. The van der Waals surface area contributed by atoms with Crippen molar-refractivity contribution in [3.8, 4) is 22.9 Å². The Hall–Kier alpha value is -2.80. The minimum absolute atomic E-state index is 0.0656. The van der Waals surface area contributed by atoms with Crippen molar-refractivity contribution in [3.05, 3.63) is 54.1 Å². The summed E-state index contributed by atoms with van der Waals surface area (Å²) in [6, 6.07) is 14.9. The molecule has 140 valence electrons. The molecule has 6 nitrogen and oxygen atoms in total. The van der Waals surface area contributed by atoms with E-state index in [0.29, 0.717) is 40.3 Å². The van der Waals surface area contributed by atoms with Gasteiger partial charge in [-0.25, -0.2) is 0 Å². The van der Waals surface area contributed by atoms with Crippen LogP contribution in [0.5, 0.6) is 11.5 Å². The molecule has 27 heavy (non-hydrogen) atoms. The molecule has 0 aliphatic heterocycles. The zero-order chi connectivity index (χ0) is 19.2. The summed E-state index contributed by atoms with van der Waals surface area (Å²) in [6.07, 6.45) is 0. The largest absolute Gasteiger partial charge is 0.497 e. The van der Waals surface area contributed by atoms with Gasteiger partial charge >= 0.3 is 0 Å². The highest BCUT2D eigenvalue weighted by Gasteiger charge is 2.16. The molecule has 0 unspecified atom stereocenters. The predicted molar refractivity (Wildman–Crippen MR) is 106 cm³/mol. The van der Waals surface area contributed by atoms with E-state index in [4.69, 9.17) is 9.47 Å². The van der Waals surface area contributed by atoms with Crippen LogP contribution in [0.2, 0.25) is 0 Å². The minimum atomic E-state index is 0.0656. The van der Waals surface area contributed by atoms with Crippen LogP contribution in [0.15, 0.2) is 53.7 Å². The third kappa shape index (κ3) is 4.31. The smallest absolute Gasteiger partial charge is 0.191 e. The maximum absolute atomic E-state index is 12.4. The Morgan fingerprint density at radius 3 is 2.30 bits per heavy atom. The summed E-state index contributed by atoms with van der Waals surface area (Å²) in [5.74, 6) is 2.45. The number of methoxy groups -OCH3 is 2. The summed E-state index contributed by atoms with van der Waals surface area (Å²) in [7, 11) is 3.22. The number of rotatable bonds is 8. The topological polar surface area (TPSA) is 66.2 Å². The molecule has 0 aliphatic rings. The quantitative estimate of drug-likeness (QED) is 0.433. The van der Waals surface area contributed by atoms with Crippen LogP contribution in [0.4, 0.5) is 0 Å². The summed E-state index contributed by atoms with van der Waals surface area (Å²) in [4.78, 5) is 12.4. The van der Waals surface area contributed by atoms with E-state index >= 15 is 0 Å². The molecule has 3 aromatic rings. The molecular weight excluding hydrogens is 362 g/mol. The van der Waals surface area contributed by atoms with Gasteiger partial charge in [0, 0.05) is 23.7 Å². The van der Waals surface area contributed by atoms with Crippen molar-refractivity contribution in [2.75, 3.05) is 20.0 Å². The van der Waals surface area contributed by atoms with E-state index in [1.165, 1.54) is 11.8 Å². The lowest BCUT2D eigenvalue weighted by Crippen LogP contribution is -2.05. The number of benzene rings is 2. The Morgan fingerprint density at radius 2 is 1.70 bits per heavy atom. The number of carbonyl (C=O) groups excluding carboxylic acids is 1. The van der Waals surface area contributed by atoms with Gasteiger partial charge in [-0.1, -0.05) is 42.1 Å². The van der Waals surface area contributed by atoms with Crippen LogP contribution < -0.4 is 9.47 Å². The molecule has 0 saturated heterocycles. The molecule has 0 bridgehead atoms. The van der Waals surface area contributed by atoms with Gasteiger partial charge in [0.2, 0.25) is 0 Å². The van der Waals surface area contributed by atoms with Crippen molar-refractivity contribution in [2.24, 2.45) is 0 Å². The molecule has 0 atom stereocenters. The molecule has 1 aromatic heterocycles. The van der Waals surface area contributed by atoms with E-state index in [0.717, 1.165) is 5.56 Å². The monoisotopic (exact) mass is 383 g/mol. The van der Waals surface area contributed by atoms with Crippen LogP contribution in [0.1, 0.15) is 17.3 Å². The number of aromatic nitrogens is 3. The van der Waals surface area contributed by atoms with E-state index in [-0.39, 0.29) is 5.78 Å². The van der Waals surface area contributed by atoms with Crippen molar-refractivity contribution in [3.63, 3.8) is 0 Å². The van der Waals surface area contributed by atoms with E-state index < -0.39 is 0 Å². The first-order valence-electron chi connectivity index (χ1n) is 8.54. The van der Waals surface area contributed by atoms with Gasteiger partial charge in [0.05, 0.1) is 20.0 Å². The van der Waals surface area contributed by atoms with E-state index in [2.05, 4.69) is 10.2 Å². The molecule has 0 amide bonds. The molecule has 1 heterocycles. The zero-order valence-electron chi connectivity index (χ0n) is 15.5. The third-order valence-corrected chi connectivity index (χ3v) is 5.04. The van der Waals surface area contributed by atoms with Gasteiger partial charge in [-0.05, 0) is 19.1 Å². The molecule has 3 rings (SSSR count). The maximum atomic E-state index is 12.4. The fourth-order valence-corrected chi connectivity index (χ4v) is 3.56. The van der Waals surface area contributed by atoms with Gasteiger partial charge in [-0.15, -0.1) is 10.2 Å². The Morgan fingerprint density at radius 1 is 1.04 bits per heavy atom. The van der Waals surface area contributed by atoms with Crippen LogP contribution in [0.25, 0.3) is 11.4 Å². The first-order chi connectivity index (χ1) is 13.2. The minimum Gasteiger partial charge on any atom is -0.497 e. The molecule has 0 fully saturated rings. The molecule has 7 heteroatoms. The number of thioether (sulfide) groups is 1. The van der Waals surface area contributed by atoms with E-state index in [1.807, 2.05) is 60.0 Å². The van der Waals surface area contributed by atoms with Gasteiger partial charge in [-0.2, -0.15) is 0 Å². The van der Waals surface area contributed by atoms with Crippen LogP contribution in [-0.2, 0) is 6.54 Å². The molecule has 2 aromatic carbocycles. The highest BCUT2D eigenvalue weighted by molar-refractivity contribution is 7.99. The number of Topliss-reactive ketones (excluding diaryl/α,β-unsaturated/α-hetero) is 1. The van der Waals surface area contributed by atoms with Gasteiger partial charge in [0.1, 0.15) is 11.5 Å². The average molecular weight is 383 g/mol. The van der Waals surface area contributed by atoms with Crippen molar-refractivity contribution < 1.29 is 14.3 Å². The summed E-state index contributed by atoms with van der Waals surface area (Å²) < 4.78 is 12.7. The second kappa shape index (κ2) is 8.73.